The first-order valence-electron chi connectivity index (χ1n) is 7.44. The van der Waals surface area contributed by atoms with E-state index in [9.17, 15) is 9.59 Å². The Balaban J connectivity index is 1.59. The first-order valence-corrected chi connectivity index (χ1v) is 7.81. The van der Waals surface area contributed by atoms with Gasteiger partial charge in [-0.25, -0.2) is 4.79 Å². The molecule has 1 heterocycles. The lowest BCUT2D eigenvalue weighted by Crippen LogP contribution is -2.33. The first-order chi connectivity index (χ1) is 11.5. The van der Waals surface area contributed by atoms with Gasteiger partial charge in [-0.2, -0.15) is 0 Å². The van der Waals surface area contributed by atoms with Crippen LogP contribution in [-0.4, -0.2) is 28.5 Å². The zero-order valence-electron chi connectivity index (χ0n) is 12.9. The van der Waals surface area contributed by atoms with Crippen molar-refractivity contribution >= 4 is 28.5 Å². The molecule has 0 unspecified atom stereocenters. The minimum Gasteiger partial charge on any atom is -0.489 e. The molecule has 1 aromatic heterocycles. The fourth-order valence-corrected chi connectivity index (χ4v) is 2.43. The van der Waals surface area contributed by atoms with Crippen molar-refractivity contribution in [3.63, 3.8) is 0 Å². The lowest BCUT2D eigenvalue weighted by atomic mass is 10.2. The van der Waals surface area contributed by atoms with E-state index in [0.717, 1.165) is 0 Å². The van der Waals surface area contributed by atoms with E-state index in [1.54, 1.807) is 42.5 Å². The molecule has 0 saturated carbocycles. The molecular weight excluding hydrogens is 330 g/mol. The smallest absolute Gasteiger partial charge is 0.323 e. The Morgan fingerprint density at radius 3 is 2.62 bits per heavy atom. The Labute approximate surface area is 142 Å². The number of carbonyl (C=O) groups excluding carboxylic acids is 1. The molecular formula is C17H16ClN3O3. The van der Waals surface area contributed by atoms with Gasteiger partial charge in [0.05, 0.1) is 17.6 Å². The van der Waals surface area contributed by atoms with E-state index in [0.29, 0.717) is 33.9 Å². The van der Waals surface area contributed by atoms with Crippen LogP contribution >= 0.6 is 11.6 Å². The van der Waals surface area contributed by atoms with Gasteiger partial charge in [0.25, 0.3) is 5.91 Å². The van der Waals surface area contributed by atoms with Crippen LogP contribution in [-0.2, 0) is 0 Å². The van der Waals surface area contributed by atoms with Gasteiger partial charge in [-0.1, -0.05) is 11.6 Å². The van der Waals surface area contributed by atoms with Crippen molar-refractivity contribution in [1.82, 2.24) is 15.3 Å². The summed E-state index contributed by atoms with van der Waals surface area (Å²) in [5, 5.41) is 3.45. The molecule has 0 saturated heterocycles. The van der Waals surface area contributed by atoms with E-state index in [1.165, 1.54) is 0 Å². The highest BCUT2D eigenvalue weighted by molar-refractivity contribution is 6.30. The largest absolute Gasteiger partial charge is 0.489 e. The summed E-state index contributed by atoms with van der Waals surface area (Å²) in [7, 11) is 0. The van der Waals surface area contributed by atoms with Crippen molar-refractivity contribution in [1.29, 1.82) is 0 Å². The van der Waals surface area contributed by atoms with Crippen molar-refractivity contribution in [2.75, 3.05) is 6.54 Å². The molecule has 3 N–H and O–H groups in total. The molecule has 0 radical (unpaired) electrons. The fourth-order valence-electron chi connectivity index (χ4n) is 2.30. The van der Waals surface area contributed by atoms with Gasteiger partial charge in [0, 0.05) is 10.6 Å². The first kappa shape index (κ1) is 16.1. The van der Waals surface area contributed by atoms with Crippen LogP contribution in [0.2, 0.25) is 5.02 Å². The second-order valence-corrected chi connectivity index (χ2v) is 5.87. The summed E-state index contributed by atoms with van der Waals surface area (Å²) >= 11 is 5.82. The molecule has 2 aromatic carbocycles. The number of ether oxygens (including phenoxy) is 1. The third-order valence-corrected chi connectivity index (χ3v) is 3.73. The third-order valence-electron chi connectivity index (χ3n) is 3.48. The van der Waals surface area contributed by atoms with E-state index in [4.69, 9.17) is 16.3 Å². The van der Waals surface area contributed by atoms with Crippen molar-refractivity contribution in [3.8, 4) is 5.75 Å². The number of hydrogen-bond acceptors (Lipinski definition) is 3. The molecule has 3 aromatic rings. The molecule has 0 bridgehead atoms. The zero-order chi connectivity index (χ0) is 17.1. The molecule has 3 rings (SSSR count). The van der Waals surface area contributed by atoms with Crippen molar-refractivity contribution in [2.24, 2.45) is 0 Å². The van der Waals surface area contributed by atoms with E-state index in [1.807, 2.05) is 6.92 Å². The van der Waals surface area contributed by atoms with Crippen LogP contribution in [0, 0.1) is 0 Å². The Morgan fingerprint density at radius 1 is 1.17 bits per heavy atom. The monoisotopic (exact) mass is 345 g/mol. The lowest BCUT2D eigenvalue weighted by molar-refractivity contribution is 0.0932. The summed E-state index contributed by atoms with van der Waals surface area (Å²) < 4.78 is 5.70. The SMILES string of the molecule is C[C@@H](CNC(=O)c1ccc2[nH]c(=O)[nH]c2c1)Oc1ccc(Cl)cc1. The number of aromatic nitrogens is 2. The molecule has 24 heavy (non-hydrogen) atoms. The molecule has 0 aliphatic carbocycles. The summed E-state index contributed by atoms with van der Waals surface area (Å²) in [5.41, 5.74) is 1.43. The maximum Gasteiger partial charge on any atom is 0.323 e. The number of amides is 1. The Hall–Kier alpha value is -2.73. The highest BCUT2D eigenvalue weighted by Gasteiger charge is 2.10. The molecule has 0 fully saturated rings. The summed E-state index contributed by atoms with van der Waals surface area (Å²) in [4.78, 5) is 28.7. The number of carbonyl (C=O) groups is 1. The van der Waals surface area contributed by atoms with Gasteiger partial charge in [-0.3, -0.25) is 4.79 Å². The van der Waals surface area contributed by atoms with Gasteiger partial charge in [-0.15, -0.1) is 0 Å². The summed E-state index contributed by atoms with van der Waals surface area (Å²) in [6.07, 6.45) is -0.203. The molecule has 0 spiro atoms. The van der Waals surface area contributed by atoms with Crippen molar-refractivity contribution < 1.29 is 9.53 Å². The van der Waals surface area contributed by atoms with E-state index >= 15 is 0 Å². The van der Waals surface area contributed by atoms with Gasteiger partial charge in [-0.05, 0) is 49.4 Å². The average Bonchev–Trinajstić information content (AvgIpc) is 2.94. The standard InChI is InChI=1S/C17H16ClN3O3/c1-10(24-13-5-3-12(18)4-6-13)9-19-16(22)11-2-7-14-15(8-11)21-17(23)20-14/h2-8,10H,9H2,1H3,(H,19,22)(H2,20,21,23)/t10-/m0/s1. The van der Waals surface area contributed by atoms with Crippen LogP contribution in [0.4, 0.5) is 0 Å². The van der Waals surface area contributed by atoms with E-state index in [2.05, 4.69) is 15.3 Å². The number of H-pyrrole nitrogens is 2. The molecule has 1 amide bonds. The molecule has 6 nitrogen and oxygen atoms in total. The molecule has 0 aliphatic heterocycles. The van der Waals surface area contributed by atoms with E-state index < -0.39 is 0 Å². The number of rotatable bonds is 5. The number of halogens is 1. The normalized spacial score (nSPS) is 12.1. The van der Waals surface area contributed by atoms with Crippen LogP contribution in [0.3, 0.4) is 0 Å². The molecule has 124 valence electrons. The summed E-state index contributed by atoms with van der Waals surface area (Å²) in [6, 6.07) is 12.0. The van der Waals surface area contributed by atoms with Crippen LogP contribution < -0.4 is 15.7 Å². The number of imidazole rings is 1. The maximum absolute atomic E-state index is 12.2. The Morgan fingerprint density at radius 2 is 1.88 bits per heavy atom. The Bertz CT molecular complexity index is 915. The topological polar surface area (TPSA) is 87.0 Å². The fraction of sp³-hybridized carbons (Fsp3) is 0.176. The van der Waals surface area contributed by atoms with Gasteiger partial charge in [0.1, 0.15) is 11.9 Å². The molecule has 1 atom stereocenters. The molecule has 7 heteroatoms. The van der Waals surface area contributed by atoms with Gasteiger partial charge >= 0.3 is 5.69 Å². The van der Waals surface area contributed by atoms with Crippen LogP contribution in [0.25, 0.3) is 11.0 Å². The highest BCUT2D eigenvalue weighted by atomic mass is 35.5. The van der Waals surface area contributed by atoms with E-state index in [-0.39, 0.29) is 17.7 Å². The number of nitrogens with one attached hydrogen (secondary N) is 3. The summed E-state index contributed by atoms with van der Waals surface area (Å²) in [5.74, 6) is 0.456. The van der Waals surface area contributed by atoms with Crippen LogP contribution in [0.15, 0.2) is 47.3 Å². The van der Waals surface area contributed by atoms with Crippen molar-refractivity contribution in [3.05, 3.63) is 63.5 Å². The number of fused-ring (bicyclic) bond motifs is 1. The zero-order valence-corrected chi connectivity index (χ0v) is 13.7. The van der Waals surface area contributed by atoms with Crippen LogP contribution in [0.5, 0.6) is 5.75 Å². The van der Waals surface area contributed by atoms with Crippen molar-refractivity contribution in [2.45, 2.75) is 13.0 Å². The summed E-state index contributed by atoms with van der Waals surface area (Å²) in [6.45, 7) is 2.21. The van der Waals surface area contributed by atoms with Gasteiger partial charge < -0.3 is 20.0 Å². The molecule has 0 aliphatic rings. The highest BCUT2D eigenvalue weighted by Crippen LogP contribution is 2.16. The quantitative estimate of drug-likeness (QED) is 0.664. The third kappa shape index (κ3) is 3.78. The average molecular weight is 346 g/mol. The minimum atomic E-state index is -0.299. The van der Waals surface area contributed by atoms with Gasteiger partial charge in [0.15, 0.2) is 0 Å². The van der Waals surface area contributed by atoms with Crippen LogP contribution in [0.1, 0.15) is 17.3 Å². The predicted octanol–water partition coefficient (Wildman–Crippen LogP) is 2.71. The number of benzene rings is 2. The number of hydrogen-bond donors (Lipinski definition) is 3. The van der Waals surface area contributed by atoms with Gasteiger partial charge in [0.2, 0.25) is 0 Å². The second-order valence-electron chi connectivity index (χ2n) is 5.43. The number of aromatic amines is 2. The minimum absolute atomic E-state index is 0.203. The predicted molar refractivity (Wildman–Crippen MR) is 92.8 cm³/mol. The second kappa shape index (κ2) is 6.80. The lowest BCUT2D eigenvalue weighted by Gasteiger charge is -2.15. The Kier molecular flexibility index (Phi) is 4.57. The maximum atomic E-state index is 12.2.